The fourth-order valence-electron chi connectivity index (χ4n) is 2.85. The van der Waals surface area contributed by atoms with Crippen molar-refractivity contribution < 1.29 is 14.7 Å². The summed E-state index contributed by atoms with van der Waals surface area (Å²) in [6, 6.07) is -0.637. The van der Waals surface area contributed by atoms with Crippen molar-refractivity contribution in [1.82, 2.24) is 15.1 Å². The number of urea groups is 1. The number of carboxylic acid groups (broad SMARTS) is 1. The number of aliphatic carboxylic acids is 1. The number of hydrogen-bond acceptors (Lipinski definition) is 3. The lowest BCUT2D eigenvalue weighted by atomic mass is 10.1. The first-order valence-electron chi connectivity index (χ1n) is 7.10. The van der Waals surface area contributed by atoms with E-state index in [1.165, 1.54) is 26.2 Å². The number of nitrogens with one attached hydrogen (secondary N) is 1. The van der Waals surface area contributed by atoms with Crippen molar-refractivity contribution in [2.75, 3.05) is 26.2 Å². The first-order chi connectivity index (χ1) is 9.08. The van der Waals surface area contributed by atoms with Crippen LogP contribution in [0.3, 0.4) is 0 Å². The number of piperidine rings is 1. The van der Waals surface area contributed by atoms with Crippen LogP contribution in [0.1, 0.15) is 32.6 Å². The Morgan fingerprint density at radius 3 is 2.53 bits per heavy atom. The second-order valence-electron chi connectivity index (χ2n) is 5.49. The monoisotopic (exact) mass is 269 g/mol. The number of amides is 2. The lowest BCUT2D eigenvalue weighted by Gasteiger charge is -2.32. The highest BCUT2D eigenvalue weighted by Crippen LogP contribution is 2.20. The van der Waals surface area contributed by atoms with Gasteiger partial charge in [0.1, 0.15) is 6.04 Å². The third-order valence-corrected chi connectivity index (χ3v) is 4.07. The molecule has 6 heteroatoms. The topological polar surface area (TPSA) is 72.9 Å². The molecular weight excluding hydrogens is 246 g/mol. The van der Waals surface area contributed by atoms with E-state index in [9.17, 15) is 9.59 Å². The molecule has 19 heavy (non-hydrogen) atoms. The minimum absolute atomic E-state index is 0.255. The molecule has 0 aromatic carbocycles. The van der Waals surface area contributed by atoms with Crippen LogP contribution in [0.2, 0.25) is 0 Å². The maximum atomic E-state index is 11.9. The number of carbonyl (C=O) groups is 2. The predicted molar refractivity (Wildman–Crippen MR) is 71.0 cm³/mol. The average Bonchev–Trinajstić information content (AvgIpc) is 2.89. The summed E-state index contributed by atoms with van der Waals surface area (Å²) in [4.78, 5) is 26.8. The molecule has 2 N–H and O–H groups in total. The van der Waals surface area contributed by atoms with Gasteiger partial charge in [-0.3, -0.25) is 9.69 Å². The lowest BCUT2D eigenvalue weighted by Crippen LogP contribution is -2.47. The van der Waals surface area contributed by atoms with Gasteiger partial charge in [0.05, 0.1) is 0 Å². The Hall–Kier alpha value is -1.30. The van der Waals surface area contributed by atoms with Crippen LogP contribution >= 0.6 is 0 Å². The van der Waals surface area contributed by atoms with Crippen molar-refractivity contribution in [3.05, 3.63) is 0 Å². The molecule has 0 radical (unpaired) electrons. The summed E-state index contributed by atoms with van der Waals surface area (Å²) in [5, 5.41) is 11.3. The fraction of sp³-hybridized carbons (Fsp3) is 0.846. The molecule has 2 aliphatic heterocycles. The van der Waals surface area contributed by atoms with Crippen LogP contribution in [0.15, 0.2) is 0 Å². The van der Waals surface area contributed by atoms with Crippen molar-refractivity contribution >= 4 is 12.0 Å². The van der Waals surface area contributed by atoms with Gasteiger partial charge >= 0.3 is 12.0 Å². The Bertz CT molecular complexity index is 342. The molecule has 0 bridgehead atoms. The van der Waals surface area contributed by atoms with Crippen molar-refractivity contribution in [3.63, 3.8) is 0 Å². The molecule has 2 heterocycles. The van der Waals surface area contributed by atoms with Crippen molar-refractivity contribution in [2.45, 2.75) is 44.7 Å². The van der Waals surface area contributed by atoms with E-state index in [4.69, 9.17) is 5.11 Å². The van der Waals surface area contributed by atoms with Crippen molar-refractivity contribution in [1.29, 1.82) is 0 Å². The van der Waals surface area contributed by atoms with Crippen LogP contribution in [0, 0.1) is 0 Å². The molecule has 0 aliphatic carbocycles. The number of nitrogens with zero attached hydrogens (tertiary/aromatic N) is 2. The zero-order valence-electron chi connectivity index (χ0n) is 11.5. The van der Waals surface area contributed by atoms with Gasteiger partial charge in [-0.1, -0.05) is 6.42 Å². The number of rotatable bonds is 3. The Morgan fingerprint density at radius 1 is 1.21 bits per heavy atom. The summed E-state index contributed by atoms with van der Waals surface area (Å²) in [5.41, 5.74) is 0. The first kappa shape index (κ1) is 14.1. The molecule has 1 unspecified atom stereocenters. The van der Waals surface area contributed by atoms with E-state index < -0.39 is 12.0 Å². The maximum Gasteiger partial charge on any atom is 0.325 e. The highest BCUT2D eigenvalue weighted by Gasteiger charge is 2.31. The Balaban J connectivity index is 1.80. The molecule has 0 aromatic heterocycles. The summed E-state index contributed by atoms with van der Waals surface area (Å²) in [7, 11) is 0. The average molecular weight is 269 g/mol. The number of likely N-dealkylation sites (tertiary alicyclic amines) is 2. The molecule has 0 spiro atoms. The van der Waals surface area contributed by atoms with Crippen LogP contribution in [-0.4, -0.2) is 65.2 Å². The van der Waals surface area contributed by atoms with Gasteiger partial charge in [0.25, 0.3) is 0 Å². The summed E-state index contributed by atoms with van der Waals surface area (Å²) < 4.78 is 0. The number of carboxylic acids is 1. The zero-order chi connectivity index (χ0) is 13.8. The van der Waals surface area contributed by atoms with Gasteiger partial charge in [0.15, 0.2) is 0 Å². The Labute approximate surface area is 113 Å². The first-order valence-corrected chi connectivity index (χ1v) is 7.10. The van der Waals surface area contributed by atoms with Crippen molar-refractivity contribution in [3.8, 4) is 0 Å². The maximum absolute atomic E-state index is 11.9. The van der Waals surface area contributed by atoms with E-state index in [0.29, 0.717) is 6.04 Å². The molecule has 2 rings (SSSR count). The molecule has 0 aromatic rings. The number of hydrogen-bond donors (Lipinski definition) is 2. The molecule has 2 aliphatic rings. The van der Waals surface area contributed by atoms with E-state index in [1.54, 1.807) is 4.90 Å². The van der Waals surface area contributed by atoms with Gasteiger partial charge in [0.2, 0.25) is 0 Å². The largest absolute Gasteiger partial charge is 0.480 e. The van der Waals surface area contributed by atoms with Gasteiger partial charge in [-0.15, -0.1) is 0 Å². The van der Waals surface area contributed by atoms with Crippen LogP contribution in [0.4, 0.5) is 4.79 Å². The molecule has 0 saturated carbocycles. The number of carbonyl (C=O) groups excluding carboxylic acids is 1. The van der Waals surface area contributed by atoms with E-state index in [1.807, 2.05) is 0 Å². The van der Waals surface area contributed by atoms with Crippen molar-refractivity contribution in [2.24, 2.45) is 0 Å². The fourth-order valence-corrected chi connectivity index (χ4v) is 2.85. The summed E-state index contributed by atoms with van der Waals surface area (Å²) in [5.74, 6) is -1.000. The molecule has 6 nitrogen and oxygen atoms in total. The highest BCUT2D eigenvalue weighted by molar-refractivity contribution is 5.82. The van der Waals surface area contributed by atoms with Gasteiger partial charge in [-0.25, -0.2) is 4.79 Å². The van der Waals surface area contributed by atoms with Crippen LogP contribution in [-0.2, 0) is 4.79 Å². The smallest absolute Gasteiger partial charge is 0.325 e. The Morgan fingerprint density at radius 2 is 1.89 bits per heavy atom. The molecule has 2 saturated heterocycles. The zero-order valence-corrected chi connectivity index (χ0v) is 11.5. The quantitative estimate of drug-likeness (QED) is 0.792. The van der Waals surface area contributed by atoms with Gasteiger partial charge in [-0.05, 0) is 39.3 Å². The van der Waals surface area contributed by atoms with Gasteiger partial charge < -0.3 is 15.3 Å². The second kappa shape index (κ2) is 6.23. The Kier molecular flexibility index (Phi) is 4.63. The van der Waals surface area contributed by atoms with Crippen LogP contribution < -0.4 is 5.32 Å². The van der Waals surface area contributed by atoms with Crippen LogP contribution in [0.25, 0.3) is 0 Å². The summed E-state index contributed by atoms with van der Waals surface area (Å²) in [6.45, 7) is 5.19. The minimum Gasteiger partial charge on any atom is -0.480 e. The minimum atomic E-state index is -1.000. The second-order valence-corrected chi connectivity index (χ2v) is 5.49. The standard InChI is InChI=1S/C13H23N3O3/c1-10(12(17)18)14-13(19)16-8-5-11(9-16)15-6-3-2-4-7-15/h10-11H,2-9H2,1H3,(H,14,19)(H,17,18)/t10-,11?/m0/s1. The van der Waals surface area contributed by atoms with E-state index >= 15 is 0 Å². The predicted octanol–water partition coefficient (Wildman–Crippen LogP) is 0.729. The van der Waals surface area contributed by atoms with Crippen LogP contribution in [0.5, 0.6) is 0 Å². The van der Waals surface area contributed by atoms with E-state index in [2.05, 4.69) is 10.2 Å². The molecule has 2 atom stereocenters. The molecule has 2 amide bonds. The van der Waals surface area contributed by atoms with Gasteiger partial charge in [0, 0.05) is 19.1 Å². The van der Waals surface area contributed by atoms with E-state index in [-0.39, 0.29) is 6.03 Å². The summed E-state index contributed by atoms with van der Waals surface area (Å²) in [6.07, 6.45) is 4.80. The van der Waals surface area contributed by atoms with Gasteiger partial charge in [-0.2, -0.15) is 0 Å². The summed E-state index contributed by atoms with van der Waals surface area (Å²) >= 11 is 0. The molecule has 108 valence electrons. The molecular formula is C13H23N3O3. The van der Waals surface area contributed by atoms with E-state index in [0.717, 1.165) is 32.6 Å². The third kappa shape index (κ3) is 3.59. The third-order valence-electron chi connectivity index (χ3n) is 4.07. The SMILES string of the molecule is C[C@H](NC(=O)N1CCC(N2CCCCC2)C1)C(=O)O. The highest BCUT2D eigenvalue weighted by atomic mass is 16.4. The lowest BCUT2D eigenvalue weighted by molar-refractivity contribution is -0.138. The normalized spacial score (nSPS) is 26.2. The molecule has 2 fully saturated rings.